The lowest BCUT2D eigenvalue weighted by Crippen LogP contribution is -2.41. The van der Waals surface area contributed by atoms with Crippen LogP contribution < -0.4 is 11.2 Å². The van der Waals surface area contributed by atoms with Crippen LogP contribution in [0.5, 0.6) is 0 Å². The van der Waals surface area contributed by atoms with Crippen LogP contribution in [0.4, 0.5) is 0 Å². The van der Waals surface area contributed by atoms with E-state index in [4.69, 9.17) is 23.7 Å². The number of hydrogen-bond donors (Lipinski definition) is 1. The number of H-pyrrole nitrogens is 1. The number of hydrogen-bond acceptors (Lipinski definition) is 7. The first-order chi connectivity index (χ1) is 11.5. The van der Waals surface area contributed by atoms with E-state index in [0.29, 0.717) is 18.8 Å². The Balaban J connectivity index is 2.35. The van der Waals surface area contributed by atoms with Crippen LogP contribution in [-0.4, -0.2) is 69.0 Å². The topological polar surface area (TPSA) is 101 Å². The number of aromatic amines is 1. The fourth-order valence-corrected chi connectivity index (χ4v) is 2.74. The minimum Gasteiger partial charge on any atom is -0.382 e. The van der Waals surface area contributed by atoms with E-state index in [1.165, 1.54) is 10.8 Å². The molecular formula is C15H24N2O7. The molecule has 1 aliphatic heterocycles. The van der Waals surface area contributed by atoms with Crippen LogP contribution in [-0.2, 0) is 23.7 Å². The predicted octanol–water partition coefficient (Wildman–Crippen LogP) is -0.565. The molecule has 0 unspecified atom stereocenters. The van der Waals surface area contributed by atoms with Crippen LogP contribution in [0.2, 0.25) is 0 Å². The maximum absolute atomic E-state index is 12.2. The Labute approximate surface area is 139 Å². The predicted molar refractivity (Wildman–Crippen MR) is 84.3 cm³/mol. The lowest BCUT2D eigenvalue weighted by atomic mass is 10.1. The highest BCUT2D eigenvalue weighted by atomic mass is 16.6. The number of aryl methyl sites for hydroxylation is 1. The minimum absolute atomic E-state index is 0.288. The average Bonchev–Trinajstić information content (AvgIpc) is 2.89. The summed E-state index contributed by atoms with van der Waals surface area (Å²) in [5, 5.41) is 0. The molecule has 24 heavy (non-hydrogen) atoms. The zero-order chi connectivity index (χ0) is 17.7. The number of rotatable bonds is 8. The first kappa shape index (κ1) is 18.8. The molecule has 1 aliphatic rings. The third kappa shape index (κ3) is 3.93. The van der Waals surface area contributed by atoms with E-state index in [9.17, 15) is 9.59 Å². The number of aromatic nitrogens is 2. The highest BCUT2D eigenvalue weighted by molar-refractivity contribution is 5.03. The second kappa shape index (κ2) is 8.54. The lowest BCUT2D eigenvalue weighted by molar-refractivity contribution is -0.0851. The van der Waals surface area contributed by atoms with E-state index in [1.54, 1.807) is 28.3 Å². The highest BCUT2D eigenvalue weighted by Crippen LogP contribution is 2.32. The zero-order valence-electron chi connectivity index (χ0n) is 14.3. The molecule has 2 heterocycles. The molecule has 1 aromatic heterocycles. The Morgan fingerprint density at radius 3 is 2.54 bits per heavy atom. The third-order valence-electron chi connectivity index (χ3n) is 3.91. The van der Waals surface area contributed by atoms with E-state index in [-0.39, 0.29) is 6.61 Å². The summed E-state index contributed by atoms with van der Waals surface area (Å²) >= 11 is 0. The highest BCUT2D eigenvalue weighted by Gasteiger charge is 2.47. The summed E-state index contributed by atoms with van der Waals surface area (Å²) in [6, 6.07) is 0. The monoisotopic (exact) mass is 344 g/mol. The first-order valence-electron chi connectivity index (χ1n) is 7.63. The van der Waals surface area contributed by atoms with Crippen LogP contribution in [0, 0.1) is 6.92 Å². The standard InChI is InChI=1S/C15H24N2O7/c1-9-7-17(15(19)16-13(9)18)14-12(23-6-5-20-2)11(22-4)10(24-14)8-21-3/h7,10-12,14H,5-6,8H2,1-4H3,(H,16,18,19)/t10-,11-,12-,14-/m1/s1. The van der Waals surface area contributed by atoms with Gasteiger partial charge in [0, 0.05) is 33.1 Å². The van der Waals surface area contributed by atoms with Gasteiger partial charge in [-0.2, -0.15) is 0 Å². The van der Waals surface area contributed by atoms with Gasteiger partial charge in [0.25, 0.3) is 5.56 Å². The van der Waals surface area contributed by atoms with Gasteiger partial charge in [-0.3, -0.25) is 14.3 Å². The Morgan fingerprint density at radius 2 is 1.92 bits per heavy atom. The summed E-state index contributed by atoms with van der Waals surface area (Å²) in [7, 11) is 4.68. The molecule has 9 nitrogen and oxygen atoms in total. The summed E-state index contributed by atoms with van der Waals surface area (Å²) in [4.78, 5) is 26.0. The van der Waals surface area contributed by atoms with Crippen LogP contribution in [0.15, 0.2) is 15.8 Å². The van der Waals surface area contributed by atoms with Gasteiger partial charge in [-0.25, -0.2) is 4.79 Å². The largest absolute Gasteiger partial charge is 0.382 e. The van der Waals surface area contributed by atoms with Crippen molar-refractivity contribution < 1.29 is 23.7 Å². The second-order valence-electron chi connectivity index (χ2n) is 5.53. The van der Waals surface area contributed by atoms with Crippen molar-refractivity contribution in [2.45, 2.75) is 31.5 Å². The lowest BCUT2D eigenvalue weighted by Gasteiger charge is -2.24. The van der Waals surface area contributed by atoms with Gasteiger partial charge < -0.3 is 23.7 Å². The van der Waals surface area contributed by atoms with Gasteiger partial charge in [0.15, 0.2) is 6.23 Å². The van der Waals surface area contributed by atoms with E-state index in [2.05, 4.69) is 4.98 Å². The normalized spacial score (nSPS) is 26.8. The molecule has 0 bridgehead atoms. The van der Waals surface area contributed by atoms with Gasteiger partial charge in [-0.1, -0.05) is 0 Å². The van der Waals surface area contributed by atoms with Crippen molar-refractivity contribution >= 4 is 0 Å². The van der Waals surface area contributed by atoms with Gasteiger partial charge in [0.05, 0.1) is 19.8 Å². The van der Waals surface area contributed by atoms with Crippen molar-refractivity contribution in [2.75, 3.05) is 41.2 Å². The van der Waals surface area contributed by atoms with Crippen molar-refractivity contribution in [1.29, 1.82) is 0 Å². The minimum atomic E-state index is -0.741. The molecule has 1 aromatic rings. The van der Waals surface area contributed by atoms with Gasteiger partial charge in [0.2, 0.25) is 0 Å². The molecule has 0 spiro atoms. The molecule has 0 aromatic carbocycles. The SMILES string of the molecule is COCCO[C@@H]1[C@H](OC)[C@@H](COC)O[C@H]1n1cc(C)c(=O)[nH]c1=O. The maximum Gasteiger partial charge on any atom is 0.330 e. The summed E-state index contributed by atoms with van der Waals surface area (Å²) in [6.07, 6.45) is -0.661. The third-order valence-corrected chi connectivity index (χ3v) is 3.91. The molecule has 9 heteroatoms. The molecule has 0 radical (unpaired) electrons. The van der Waals surface area contributed by atoms with Gasteiger partial charge >= 0.3 is 5.69 Å². The van der Waals surface area contributed by atoms with E-state index in [0.717, 1.165) is 0 Å². The Morgan fingerprint density at radius 1 is 1.17 bits per heavy atom. The summed E-state index contributed by atoms with van der Waals surface area (Å²) < 4.78 is 28.7. The molecule has 0 aliphatic carbocycles. The van der Waals surface area contributed by atoms with Crippen LogP contribution in [0.25, 0.3) is 0 Å². The summed E-state index contributed by atoms with van der Waals surface area (Å²) in [5.74, 6) is 0. The van der Waals surface area contributed by atoms with Crippen LogP contribution >= 0.6 is 0 Å². The summed E-state index contributed by atoms with van der Waals surface area (Å²) in [6.45, 7) is 2.62. The van der Waals surface area contributed by atoms with Crippen LogP contribution in [0.1, 0.15) is 11.8 Å². The smallest absolute Gasteiger partial charge is 0.330 e. The van der Waals surface area contributed by atoms with Crippen molar-refractivity contribution in [3.05, 3.63) is 32.6 Å². The van der Waals surface area contributed by atoms with Gasteiger partial charge in [0.1, 0.15) is 18.3 Å². The second-order valence-corrected chi connectivity index (χ2v) is 5.53. The quantitative estimate of drug-likeness (QED) is 0.631. The fraction of sp³-hybridized carbons (Fsp3) is 0.733. The Bertz CT molecular complexity index is 641. The summed E-state index contributed by atoms with van der Waals surface area (Å²) in [5.41, 5.74) is -0.593. The van der Waals surface area contributed by atoms with E-state index in [1.807, 2.05) is 0 Å². The number of nitrogens with zero attached hydrogens (tertiary/aromatic N) is 1. The molecule has 4 atom stereocenters. The number of nitrogens with one attached hydrogen (secondary N) is 1. The molecule has 0 saturated carbocycles. The molecule has 1 fully saturated rings. The maximum atomic E-state index is 12.2. The van der Waals surface area contributed by atoms with Gasteiger partial charge in [-0.05, 0) is 6.92 Å². The van der Waals surface area contributed by atoms with Gasteiger partial charge in [-0.15, -0.1) is 0 Å². The first-order valence-corrected chi connectivity index (χ1v) is 7.63. The van der Waals surface area contributed by atoms with E-state index >= 15 is 0 Å². The molecule has 1 N–H and O–H groups in total. The molecule has 1 saturated heterocycles. The average molecular weight is 344 g/mol. The fourth-order valence-electron chi connectivity index (χ4n) is 2.74. The van der Waals surface area contributed by atoms with E-state index < -0.39 is 35.8 Å². The zero-order valence-corrected chi connectivity index (χ0v) is 14.3. The number of methoxy groups -OCH3 is 3. The van der Waals surface area contributed by atoms with Crippen molar-refractivity contribution in [3.8, 4) is 0 Å². The molecule has 2 rings (SSSR count). The molecular weight excluding hydrogens is 320 g/mol. The van der Waals surface area contributed by atoms with Crippen molar-refractivity contribution in [3.63, 3.8) is 0 Å². The van der Waals surface area contributed by atoms with Crippen molar-refractivity contribution in [1.82, 2.24) is 9.55 Å². The Hall–Kier alpha value is -1.52. The molecule has 136 valence electrons. The van der Waals surface area contributed by atoms with Crippen LogP contribution in [0.3, 0.4) is 0 Å². The molecule has 0 amide bonds. The van der Waals surface area contributed by atoms with Crippen molar-refractivity contribution in [2.24, 2.45) is 0 Å². The number of ether oxygens (including phenoxy) is 5. The Kier molecular flexibility index (Phi) is 6.69.